The molecular formula is C20H29N5O2S. The molecule has 0 radical (unpaired) electrons. The average Bonchev–Trinajstić information content (AvgIpc) is 3.28. The maximum absolute atomic E-state index is 12.8. The van der Waals surface area contributed by atoms with Crippen LogP contribution < -0.4 is 10.6 Å². The van der Waals surface area contributed by atoms with Crippen LogP contribution in [0.25, 0.3) is 0 Å². The van der Waals surface area contributed by atoms with Crippen molar-refractivity contribution in [1.82, 2.24) is 25.4 Å². The third kappa shape index (κ3) is 4.79. The smallest absolute Gasteiger partial charge is 0.261 e. The first kappa shape index (κ1) is 20.5. The predicted octanol–water partition coefficient (Wildman–Crippen LogP) is 2.99. The van der Waals surface area contributed by atoms with Gasteiger partial charge in [0.05, 0.1) is 10.9 Å². The van der Waals surface area contributed by atoms with E-state index in [1.54, 1.807) is 4.68 Å². The van der Waals surface area contributed by atoms with Crippen molar-refractivity contribution in [2.45, 2.75) is 58.5 Å². The van der Waals surface area contributed by atoms with Crippen molar-refractivity contribution in [2.75, 3.05) is 0 Å². The summed E-state index contributed by atoms with van der Waals surface area (Å²) in [5.41, 5.74) is 0. The van der Waals surface area contributed by atoms with Crippen LogP contribution in [-0.2, 0) is 11.8 Å². The summed E-state index contributed by atoms with van der Waals surface area (Å²) in [6.45, 7) is 6.13. The molecule has 2 aromatic rings. The number of thiophene rings is 1. The SMILES string of the molecule is Cc1ccc(C(=O)NC2CCC(C(=O)NC(c3ncnn3C)C(C)C)CC2)s1. The van der Waals surface area contributed by atoms with Crippen molar-refractivity contribution in [3.05, 3.63) is 34.0 Å². The molecule has 1 aliphatic rings. The van der Waals surface area contributed by atoms with Crippen molar-refractivity contribution >= 4 is 23.2 Å². The summed E-state index contributed by atoms with van der Waals surface area (Å²) in [6.07, 6.45) is 4.72. The van der Waals surface area contributed by atoms with Crippen LogP contribution in [0, 0.1) is 18.8 Å². The molecule has 0 spiro atoms. The molecule has 0 aliphatic heterocycles. The van der Waals surface area contributed by atoms with Gasteiger partial charge in [0, 0.05) is 23.9 Å². The van der Waals surface area contributed by atoms with E-state index in [4.69, 9.17) is 0 Å². The Balaban J connectivity index is 1.52. The Bertz CT molecular complexity index is 820. The standard InChI is InChI=1S/C20H29N5O2S/c1-12(2)17(18-21-11-22-25(18)4)24-19(26)14-6-8-15(9-7-14)23-20(27)16-10-5-13(3)28-16/h5,10-12,14-15,17H,6-9H2,1-4H3,(H,23,27)(H,24,26). The van der Waals surface area contributed by atoms with E-state index in [1.807, 2.05) is 26.1 Å². The molecule has 7 nitrogen and oxygen atoms in total. The van der Waals surface area contributed by atoms with E-state index in [0.29, 0.717) is 0 Å². The monoisotopic (exact) mass is 403 g/mol. The molecule has 1 atom stereocenters. The van der Waals surface area contributed by atoms with Gasteiger partial charge < -0.3 is 10.6 Å². The van der Waals surface area contributed by atoms with Gasteiger partial charge in [0.1, 0.15) is 12.2 Å². The maximum Gasteiger partial charge on any atom is 0.261 e. The average molecular weight is 404 g/mol. The zero-order valence-electron chi connectivity index (χ0n) is 16.9. The summed E-state index contributed by atoms with van der Waals surface area (Å²) >= 11 is 1.51. The zero-order valence-corrected chi connectivity index (χ0v) is 17.8. The highest BCUT2D eigenvalue weighted by Crippen LogP contribution is 2.27. The molecule has 28 heavy (non-hydrogen) atoms. The first-order chi connectivity index (χ1) is 13.3. The Morgan fingerprint density at radius 1 is 1.21 bits per heavy atom. The third-order valence-electron chi connectivity index (χ3n) is 5.39. The van der Waals surface area contributed by atoms with Gasteiger partial charge in [0.2, 0.25) is 5.91 Å². The predicted molar refractivity (Wildman–Crippen MR) is 109 cm³/mol. The van der Waals surface area contributed by atoms with E-state index in [9.17, 15) is 9.59 Å². The number of aryl methyl sites for hydroxylation is 2. The molecule has 0 aromatic carbocycles. The summed E-state index contributed by atoms with van der Waals surface area (Å²) in [7, 11) is 1.84. The Kier molecular flexibility index (Phi) is 6.49. The Labute approximate surface area is 169 Å². The molecule has 152 valence electrons. The van der Waals surface area contributed by atoms with Crippen molar-refractivity contribution in [3.63, 3.8) is 0 Å². The molecule has 3 rings (SSSR count). The molecule has 2 heterocycles. The van der Waals surface area contributed by atoms with Crippen LogP contribution >= 0.6 is 11.3 Å². The number of nitrogens with one attached hydrogen (secondary N) is 2. The highest BCUT2D eigenvalue weighted by Gasteiger charge is 2.30. The molecular weight excluding hydrogens is 374 g/mol. The minimum atomic E-state index is -0.153. The molecule has 8 heteroatoms. The molecule has 2 aromatic heterocycles. The summed E-state index contributed by atoms with van der Waals surface area (Å²) < 4.78 is 1.71. The molecule has 1 fully saturated rings. The lowest BCUT2D eigenvalue weighted by molar-refractivity contribution is -0.127. The fourth-order valence-corrected chi connectivity index (χ4v) is 4.47. The van der Waals surface area contributed by atoms with Gasteiger partial charge in [0.15, 0.2) is 0 Å². The Morgan fingerprint density at radius 2 is 1.93 bits per heavy atom. The van der Waals surface area contributed by atoms with Gasteiger partial charge in [0.25, 0.3) is 5.91 Å². The number of carbonyl (C=O) groups is 2. The quantitative estimate of drug-likeness (QED) is 0.776. The van der Waals surface area contributed by atoms with E-state index < -0.39 is 0 Å². The minimum absolute atomic E-state index is 0.00634. The van der Waals surface area contributed by atoms with Gasteiger partial charge in [-0.25, -0.2) is 4.98 Å². The molecule has 0 bridgehead atoms. The normalized spacial score (nSPS) is 20.8. The first-order valence-corrected chi connectivity index (χ1v) is 10.7. The van der Waals surface area contributed by atoms with E-state index in [1.165, 1.54) is 17.7 Å². The van der Waals surface area contributed by atoms with Gasteiger partial charge >= 0.3 is 0 Å². The molecule has 1 saturated carbocycles. The van der Waals surface area contributed by atoms with Crippen LogP contribution in [0.15, 0.2) is 18.5 Å². The van der Waals surface area contributed by atoms with Crippen LogP contribution in [0.5, 0.6) is 0 Å². The number of amides is 2. The van der Waals surface area contributed by atoms with E-state index in [0.717, 1.165) is 41.3 Å². The van der Waals surface area contributed by atoms with Crippen molar-refractivity contribution < 1.29 is 9.59 Å². The second-order valence-corrected chi connectivity index (χ2v) is 9.19. The van der Waals surface area contributed by atoms with Crippen LogP contribution in [0.1, 0.15) is 65.9 Å². The first-order valence-electron chi connectivity index (χ1n) is 9.86. The summed E-state index contributed by atoms with van der Waals surface area (Å²) in [5.74, 6) is 1.03. The van der Waals surface area contributed by atoms with E-state index in [-0.39, 0.29) is 35.7 Å². The van der Waals surface area contributed by atoms with Crippen molar-refractivity contribution in [3.8, 4) is 0 Å². The zero-order chi connectivity index (χ0) is 20.3. The van der Waals surface area contributed by atoms with Gasteiger partial charge in [-0.1, -0.05) is 13.8 Å². The number of hydrogen-bond donors (Lipinski definition) is 2. The second-order valence-electron chi connectivity index (χ2n) is 7.90. The third-order valence-corrected chi connectivity index (χ3v) is 6.39. The van der Waals surface area contributed by atoms with Crippen LogP contribution in [-0.4, -0.2) is 32.6 Å². The van der Waals surface area contributed by atoms with Gasteiger partial charge in [-0.05, 0) is 50.7 Å². The number of nitrogens with zero attached hydrogens (tertiary/aromatic N) is 3. The van der Waals surface area contributed by atoms with Crippen molar-refractivity contribution in [1.29, 1.82) is 0 Å². The lowest BCUT2D eigenvalue weighted by atomic mass is 9.85. The number of hydrogen-bond acceptors (Lipinski definition) is 5. The summed E-state index contributed by atoms with van der Waals surface area (Å²) in [5, 5.41) is 10.4. The Morgan fingerprint density at radius 3 is 2.46 bits per heavy atom. The van der Waals surface area contributed by atoms with E-state index >= 15 is 0 Å². The fourth-order valence-electron chi connectivity index (χ4n) is 3.70. The lowest BCUT2D eigenvalue weighted by Crippen LogP contribution is -2.42. The lowest BCUT2D eigenvalue weighted by Gasteiger charge is -2.30. The van der Waals surface area contributed by atoms with Gasteiger partial charge in [-0.15, -0.1) is 11.3 Å². The minimum Gasteiger partial charge on any atom is -0.349 e. The molecule has 1 aliphatic carbocycles. The highest BCUT2D eigenvalue weighted by molar-refractivity contribution is 7.13. The van der Waals surface area contributed by atoms with Crippen LogP contribution in [0.4, 0.5) is 0 Å². The molecule has 0 saturated heterocycles. The second kappa shape index (κ2) is 8.86. The maximum atomic E-state index is 12.8. The summed E-state index contributed by atoms with van der Waals surface area (Å²) in [6, 6.07) is 3.81. The number of carbonyl (C=O) groups excluding carboxylic acids is 2. The van der Waals surface area contributed by atoms with Gasteiger partial charge in [-0.3, -0.25) is 14.3 Å². The summed E-state index contributed by atoms with van der Waals surface area (Å²) in [4.78, 5) is 31.3. The Hall–Kier alpha value is -2.22. The van der Waals surface area contributed by atoms with Gasteiger partial charge in [-0.2, -0.15) is 5.10 Å². The fraction of sp³-hybridized carbons (Fsp3) is 0.600. The highest BCUT2D eigenvalue weighted by atomic mass is 32.1. The van der Waals surface area contributed by atoms with Crippen molar-refractivity contribution in [2.24, 2.45) is 18.9 Å². The molecule has 2 N–H and O–H groups in total. The van der Waals surface area contributed by atoms with Crippen LogP contribution in [0.2, 0.25) is 0 Å². The molecule has 1 unspecified atom stereocenters. The largest absolute Gasteiger partial charge is 0.349 e. The number of aromatic nitrogens is 3. The molecule has 2 amide bonds. The number of rotatable bonds is 6. The topological polar surface area (TPSA) is 88.9 Å². The van der Waals surface area contributed by atoms with E-state index in [2.05, 4.69) is 34.6 Å². The van der Waals surface area contributed by atoms with Crippen LogP contribution in [0.3, 0.4) is 0 Å².